The summed E-state index contributed by atoms with van der Waals surface area (Å²) < 4.78 is 17.1. The van der Waals surface area contributed by atoms with Crippen LogP contribution < -0.4 is 9.47 Å². The molecule has 0 saturated carbocycles. The zero-order valence-corrected chi connectivity index (χ0v) is 16.3. The van der Waals surface area contributed by atoms with E-state index in [1.54, 1.807) is 24.8 Å². The molecule has 0 bridgehead atoms. The highest BCUT2D eigenvalue weighted by Crippen LogP contribution is 2.32. The number of esters is 1. The fraction of sp³-hybridized carbons (Fsp3) is 0.333. The number of nitrogens with zero attached hydrogens (tertiary/aromatic N) is 4. The number of fused-ring (bicyclic) bond motifs is 1. The molecule has 1 atom stereocenters. The molecule has 2 heterocycles. The second-order valence-electron chi connectivity index (χ2n) is 5.57. The van der Waals surface area contributed by atoms with Crippen molar-refractivity contribution in [1.29, 1.82) is 0 Å². The number of benzene rings is 1. The first kappa shape index (κ1) is 19.0. The first-order valence-corrected chi connectivity index (χ1v) is 9.18. The zero-order chi connectivity index (χ0) is 19.4. The summed E-state index contributed by atoms with van der Waals surface area (Å²) in [7, 11) is 4.55. The summed E-state index contributed by atoms with van der Waals surface area (Å²) in [6, 6.07) is 9.12. The first-order chi connectivity index (χ1) is 13.1. The van der Waals surface area contributed by atoms with Gasteiger partial charge in [0.2, 0.25) is 0 Å². The lowest BCUT2D eigenvalue weighted by atomic mass is 10.2. The fourth-order valence-corrected chi connectivity index (χ4v) is 3.49. The number of carbonyl (C=O) groups excluding carboxylic acids is 1. The molecule has 0 aliphatic carbocycles. The van der Waals surface area contributed by atoms with E-state index >= 15 is 0 Å². The van der Waals surface area contributed by atoms with Crippen LogP contribution in [-0.4, -0.2) is 52.4 Å². The Kier molecular flexibility index (Phi) is 5.80. The van der Waals surface area contributed by atoms with Crippen molar-refractivity contribution in [1.82, 2.24) is 19.8 Å². The van der Waals surface area contributed by atoms with Gasteiger partial charge >= 0.3 is 5.97 Å². The molecule has 0 aliphatic heterocycles. The summed E-state index contributed by atoms with van der Waals surface area (Å²) >= 11 is 1.35. The smallest absolute Gasteiger partial charge is 0.319 e. The lowest BCUT2D eigenvalue weighted by Crippen LogP contribution is -2.18. The van der Waals surface area contributed by atoms with Crippen molar-refractivity contribution in [3.63, 3.8) is 0 Å². The van der Waals surface area contributed by atoms with Crippen LogP contribution in [0.5, 0.6) is 11.5 Å². The van der Waals surface area contributed by atoms with E-state index in [-0.39, 0.29) is 11.2 Å². The van der Waals surface area contributed by atoms with Gasteiger partial charge in [-0.1, -0.05) is 18.7 Å². The van der Waals surface area contributed by atoms with E-state index in [1.807, 2.05) is 31.2 Å². The SMILES string of the molecule is CC[C@H](Sc1ccc2nnc(-c3ccc(OC)c(OC)c3)n2n1)C(=O)OC. The van der Waals surface area contributed by atoms with Gasteiger partial charge in [0.1, 0.15) is 10.3 Å². The number of rotatable bonds is 7. The Morgan fingerprint density at radius 1 is 1.11 bits per heavy atom. The summed E-state index contributed by atoms with van der Waals surface area (Å²) in [6.45, 7) is 1.93. The predicted octanol–water partition coefficient (Wildman–Crippen LogP) is 2.85. The Morgan fingerprint density at radius 2 is 1.89 bits per heavy atom. The number of hydrogen-bond acceptors (Lipinski definition) is 8. The summed E-state index contributed by atoms with van der Waals surface area (Å²) in [5.74, 6) is 1.52. The van der Waals surface area contributed by atoms with E-state index in [0.717, 1.165) is 5.56 Å². The molecular weight excluding hydrogens is 368 g/mol. The zero-order valence-electron chi connectivity index (χ0n) is 15.5. The molecule has 27 heavy (non-hydrogen) atoms. The molecule has 8 nitrogen and oxygen atoms in total. The van der Waals surface area contributed by atoms with Crippen molar-refractivity contribution < 1.29 is 19.0 Å². The van der Waals surface area contributed by atoms with E-state index in [4.69, 9.17) is 14.2 Å². The van der Waals surface area contributed by atoms with Crippen LogP contribution in [0.15, 0.2) is 35.4 Å². The van der Waals surface area contributed by atoms with Crippen molar-refractivity contribution in [3.8, 4) is 22.9 Å². The molecule has 1 aromatic carbocycles. The Morgan fingerprint density at radius 3 is 2.56 bits per heavy atom. The minimum atomic E-state index is -0.319. The van der Waals surface area contributed by atoms with Crippen molar-refractivity contribution in [2.75, 3.05) is 21.3 Å². The van der Waals surface area contributed by atoms with Crippen molar-refractivity contribution in [2.45, 2.75) is 23.6 Å². The second kappa shape index (κ2) is 8.26. The third kappa shape index (κ3) is 3.82. The highest BCUT2D eigenvalue weighted by Gasteiger charge is 2.20. The molecule has 2 aromatic heterocycles. The molecule has 0 aliphatic rings. The number of ether oxygens (including phenoxy) is 3. The molecule has 0 N–H and O–H groups in total. The van der Waals surface area contributed by atoms with E-state index in [1.165, 1.54) is 18.9 Å². The normalized spacial score (nSPS) is 12.0. The third-order valence-corrected chi connectivity index (χ3v) is 5.25. The molecule has 3 rings (SSSR count). The van der Waals surface area contributed by atoms with E-state index in [9.17, 15) is 4.79 Å². The quantitative estimate of drug-likeness (QED) is 0.451. The van der Waals surface area contributed by atoms with Crippen LogP contribution in [-0.2, 0) is 9.53 Å². The maximum absolute atomic E-state index is 11.9. The van der Waals surface area contributed by atoms with Gasteiger partial charge in [0.15, 0.2) is 23.0 Å². The predicted molar refractivity (Wildman–Crippen MR) is 101 cm³/mol. The maximum atomic E-state index is 11.9. The minimum Gasteiger partial charge on any atom is -0.493 e. The van der Waals surface area contributed by atoms with Crippen LogP contribution in [0.2, 0.25) is 0 Å². The van der Waals surface area contributed by atoms with Gasteiger partial charge in [0.25, 0.3) is 0 Å². The van der Waals surface area contributed by atoms with Gasteiger partial charge in [-0.15, -0.1) is 10.2 Å². The third-order valence-electron chi connectivity index (χ3n) is 3.98. The van der Waals surface area contributed by atoms with Crippen molar-refractivity contribution in [2.24, 2.45) is 0 Å². The van der Waals surface area contributed by atoms with Crippen LogP contribution in [0, 0.1) is 0 Å². The average Bonchev–Trinajstić information content (AvgIpc) is 3.14. The average molecular weight is 388 g/mol. The number of thioether (sulfide) groups is 1. The van der Waals surface area contributed by atoms with Crippen LogP contribution in [0.1, 0.15) is 13.3 Å². The number of methoxy groups -OCH3 is 3. The van der Waals surface area contributed by atoms with Gasteiger partial charge in [-0.25, -0.2) is 0 Å². The summed E-state index contributed by atoms with van der Waals surface area (Å²) in [4.78, 5) is 11.9. The number of aromatic nitrogens is 4. The maximum Gasteiger partial charge on any atom is 0.319 e. The van der Waals surface area contributed by atoms with E-state index in [2.05, 4.69) is 15.3 Å². The van der Waals surface area contributed by atoms with E-state index in [0.29, 0.717) is 34.4 Å². The summed E-state index contributed by atoms with van der Waals surface area (Å²) in [5, 5.41) is 13.4. The topological polar surface area (TPSA) is 87.8 Å². The molecule has 0 radical (unpaired) electrons. The molecule has 0 spiro atoms. The fourth-order valence-electron chi connectivity index (χ4n) is 2.57. The van der Waals surface area contributed by atoms with Crippen LogP contribution in [0.3, 0.4) is 0 Å². The molecule has 0 unspecified atom stereocenters. The van der Waals surface area contributed by atoms with Crippen LogP contribution >= 0.6 is 11.8 Å². The monoisotopic (exact) mass is 388 g/mol. The second-order valence-corrected chi connectivity index (χ2v) is 6.80. The van der Waals surface area contributed by atoms with Gasteiger partial charge in [-0.2, -0.15) is 9.61 Å². The molecule has 3 aromatic rings. The lowest BCUT2D eigenvalue weighted by molar-refractivity contribution is -0.140. The molecule has 0 fully saturated rings. The van der Waals surface area contributed by atoms with Crippen LogP contribution in [0.4, 0.5) is 0 Å². The van der Waals surface area contributed by atoms with Crippen molar-refractivity contribution in [3.05, 3.63) is 30.3 Å². The molecule has 0 saturated heterocycles. The lowest BCUT2D eigenvalue weighted by Gasteiger charge is -2.11. The largest absolute Gasteiger partial charge is 0.493 e. The van der Waals surface area contributed by atoms with E-state index < -0.39 is 0 Å². The van der Waals surface area contributed by atoms with Crippen LogP contribution in [0.25, 0.3) is 17.0 Å². The molecule has 0 amide bonds. The highest BCUT2D eigenvalue weighted by molar-refractivity contribution is 8.00. The van der Waals surface area contributed by atoms with Gasteiger partial charge in [-0.3, -0.25) is 4.79 Å². The van der Waals surface area contributed by atoms with Crippen molar-refractivity contribution >= 4 is 23.4 Å². The Hall–Kier alpha value is -2.81. The number of hydrogen-bond donors (Lipinski definition) is 0. The number of carbonyl (C=O) groups is 1. The van der Waals surface area contributed by atoms with Gasteiger partial charge in [-0.05, 0) is 36.8 Å². The summed E-state index contributed by atoms with van der Waals surface area (Å²) in [6.07, 6.45) is 0.641. The Labute approximate surface area is 160 Å². The minimum absolute atomic E-state index is 0.270. The summed E-state index contributed by atoms with van der Waals surface area (Å²) in [5.41, 5.74) is 1.39. The Bertz CT molecular complexity index is 960. The molecule has 142 valence electrons. The van der Waals surface area contributed by atoms with Gasteiger partial charge in [0, 0.05) is 5.56 Å². The van der Waals surface area contributed by atoms with Gasteiger partial charge < -0.3 is 14.2 Å². The van der Waals surface area contributed by atoms with Gasteiger partial charge in [0.05, 0.1) is 21.3 Å². The highest BCUT2D eigenvalue weighted by atomic mass is 32.2. The first-order valence-electron chi connectivity index (χ1n) is 8.30. The standard InChI is InChI=1S/C18H20N4O4S/c1-5-14(18(23)26-4)27-16-9-8-15-19-20-17(22(15)21-16)11-6-7-12(24-2)13(10-11)25-3/h6-10,14H,5H2,1-4H3/t14-/m0/s1. The Balaban J connectivity index is 1.99. The molecular formula is C18H20N4O4S. The molecule has 9 heteroatoms.